The smallest absolute Gasteiger partial charge is 0.237 e. The Labute approximate surface area is 192 Å². The third-order valence-electron chi connectivity index (χ3n) is 5.93. The van der Waals surface area contributed by atoms with E-state index in [-0.39, 0.29) is 5.95 Å². The first-order chi connectivity index (χ1) is 15.9. The fourth-order valence-corrected chi connectivity index (χ4v) is 5.74. The van der Waals surface area contributed by atoms with Crippen LogP contribution in [0.15, 0.2) is 60.9 Å². The van der Waals surface area contributed by atoms with Gasteiger partial charge in [0.15, 0.2) is 0 Å². The number of nitrogens with two attached hydrogens (primary N) is 1. The highest BCUT2D eigenvalue weighted by Gasteiger charge is 2.36. The van der Waals surface area contributed by atoms with E-state index in [0.29, 0.717) is 41.5 Å². The largest absolute Gasteiger partial charge is 0.437 e. The fourth-order valence-electron chi connectivity index (χ4n) is 4.11. The number of nitrogens with zero attached hydrogens (tertiary/aromatic N) is 4. The number of anilines is 2. The molecule has 1 aliphatic heterocycles. The molecule has 8 nitrogen and oxygen atoms in total. The lowest BCUT2D eigenvalue weighted by Crippen LogP contribution is -2.28. The summed E-state index contributed by atoms with van der Waals surface area (Å²) in [6.45, 7) is 4.16. The number of nitrogen functional groups attached to an aromatic ring is 1. The third kappa shape index (κ3) is 3.64. The molecule has 0 radical (unpaired) electrons. The van der Waals surface area contributed by atoms with Crippen molar-refractivity contribution in [1.29, 1.82) is 0 Å². The van der Waals surface area contributed by atoms with E-state index < -0.39 is 15.3 Å². The molecule has 5 rings (SSSR count). The summed E-state index contributed by atoms with van der Waals surface area (Å²) in [5, 5.41) is 1.21. The van der Waals surface area contributed by atoms with E-state index in [1.807, 2.05) is 43.3 Å². The van der Waals surface area contributed by atoms with Gasteiger partial charge in [0.05, 0.1) is 22.2 Å². The van der Waals surface area contributed by atoms with Crippen molar-refractivity contribution in [3.8, 4) is 22.9 Å². The van der Waals surface area contributed by atoms with Crippen LogP contribution >= 0.6 is 0 Å². The molecule has 2 aromatic carbocycles. The van der Waals surface area contributed by atoms with E-state index in [4.69, 9.17) is 10.5 Å². The van der Waals surface area contributed by atoms with Gasteiger partial charge in [-0.05, 0) is 50.1 Å². The van der Waals surface area contributed by atoms with Gasteiger partial charge in [0.25, 0.3) is 0 Å². The first kappa shape index (κ1) is 21.1. The number of ether oxygens (including phenoxy) is 1. The summed E-state index contributed by atoms with van der Waals surface area (Å²) < 4.78 is 33.6. The quantitative estimate of drug-likeness (QED) is 0.482. The molecule has 1 fully saturated rings. The van der Waals surface area contributed by atoms with Gasteiger partial charge in [-0.3, -0.25) is 4.31 Å². The van der Waals surface area contributed by atoms with Crippen LogP contribution in [-0.4, -0.2) is 35.2 Å². The Morgan fingerprint density at radius 2 is 1.88 bits per heavy atom. The zero-order valence-electron chi connectivity index (χ0n) is 18.3. The number of aryl methyl sites for hydroxylation is 1. The van der Waals surface area contributed by atoms with E-state index in [1.54, 1.807) is 31.5 Å². The topological polar surface area (TPSA) is 111 Å². The second-order valence-electron chi connectivity index (χ2n) is 8.06. The lowest BCUT2D eigenvalue weighted by molar-refractivity contribution is 0.466. The van der Waals surface area contributed by atoms with Crippen LogP contribution in [0.5, 0.6) is 11.6 Å². The molecular formula is C24H23N5O3S. The number of hydrogen-bond acceptors (Lipinski definition) is 7. The van der Waals surface area contributed by atoms with E-state index in [2.05, 4.69) is 15.0 Å². The van der Waals surface area contributed by atoms with Crippen molar-refractivity contribution in [3.63, 3.8) is 0 Å². The fraction of sp³-hybridized carbons (Fsp3) is 0.208. The van der Waals surface area contributed by atoms with Crippen LogP contribution in [0, 0.1) is 6.92 Å². The van der Waals surface area contributed by atoms with Crippen LogP contribution in [0.1, 0.15) is 18.9 Å². The van der Waals surface area contributed by atoms with Gasteiger partial charge in [0.1, 0.15) is 5.75 Å². The van der Waals surface area contributed by atoms with Crippen molar-refractivity contribution >= 4 is 32.4 Å². The molecule has 0 spiro atoms. The van der Waals surface area contributed by atoms with Crippen molar-refractivity contribution in [1.82, 2.24) is 15.0 Å². The van der Waals surface area contributed by atoms with Gasteiger partial charge in [0, 0.05) is 29.7 Å². The average molecular weight is 462 g/mol. The van der Waals surface area contributed by atoms with Gasteiger partial charge >= 0.3 is 0 Å². The third-order valence-corrected chi connectivity index (χ3v) is 8.18. The molecule has 0 amide bonds. The van der Waals surface area contributed by atoms with Crippen molar-refractivity contribution in [2.45, 2.75) is 25.5 Å². The van der Waals surface area contributed by atoms with Gasteiger partial charge < -0.3 is 10.5 Å². The first-order valence-electron chi connectivity index (χ1n) is 10.6. The average Bonchev–Trinajstić information content (AvgIpc) is 3.07. The number of pyridine rings is 1. The maximum absolute atomic E-state index is 12.9. The summed E-state index contributed by atoms with van der Waals surface area (Å²) in [5.41, 5.74) is 8.60. The van der Waals surface area contributed by atoms with Crippen LogP contribution < -0.4 is 14.8 Å². The molecule has 1 unspecified atom stereocenters. The number of fused-ring (bicyclic) bond motifs is 1. The number of aromatic nitrogens is 3. The Balaban J connectivity index is 1.64. The second-order valence-corrected chi connectivity index (χ2v) is 10.3. The minimum Gasteiger partial charge on any atom is -0.437 e. The van der Waals surface area contributed by atoms with E-state index in [9.17, 15) is 8.42 Å². The zero-order chi connectivity index (χ0) is 23.2. The minimum absolute atomic E-state index is 0.161. The molecule has 9 heteroatoms. The predicted molar refractivity (Wildman–Crippen MR) is 129 cm³/mol. The summed E-state index contributed by atoms with van der Waals surface area (Å²) in [6, 6.07) is 14.9. The van der Waals surface area contributed by atoms with Crippen LogP contribution in [0.3, 0.4) is 0 Å². The molecule has 4 aromatic rings. The highest BCUT2D eigenvalue weighted by Crippen LogP contribution is 2.41. The normalized spacial score (nSPS) is 17.4. The molecule has 2 aromatic heterocycles. The highest BCUT2D eigenvalue weighted by molar-refractivity contribution is 7.93. The van der Waals surface area contributed by atoms with Gasteiger partial charge in [-0.1, -0.05) is 24.3 Å². The highest BCUT2D eigenvalue weighted by atomic mass is 32.2. The lowest BCUT2D eigenvalue weighted by atomic mass is 10.0. The Morgan fingerprint density at radius 1 is 1.03 bits per heavy atom. The molecule has 2 N–H and O–H groups in total. The van der Waals surface area contributed by atoms with Crippen LogP contribution in [-0.2, 0) is 10.0 Å². The Hall–Kier alpha value is -3.72. The monoisotopic (exact) mass is 461 g/mol. The van der Waals surface area contributed by atoms with E-state index in [0.717, 1.165) is 16.3 Å². The Morgan fingerprint density at radius 3 is 2.64 bits per heavy atom. The molecular weight excluding hydrogens is 438 g/mol. The van der Waals surface area contributed by atoms with Gasteiger partial charge in [-0.25, -0.2) is 23.4 Å². The maximum atomic E-state index is 12.9. The van der Waals surface area contributed by atoms with E-state index in [1.165, 1.54) is 4.31 Å². The second kappa shape index (κ2) is 8.00. The van der Waals surface area contributed by atoms with Crippen LogP contribution in [0.25, 0.3) is 22.0 Å². The molecule has 3 heterocycles. The Kier molecular flexibility index (Phi) is 5.13. The van der Waals surface area contributed by atoms with Crippen LogP contribution in [0.4, 0.5) is 11.6 Å². The van der Waals surface area contributed by atoms with Gasteiger partial charge in [-0.2, -0.15) is 0 Å². The summed E-state index contributed by atoms with van der Waals surface area (Å²) >= 11 is 0. The van der Waals surface area contributed by atoms with Gasteiger partial charge in [-0.15, -0.1) is 0 Å². The minimum atomic E-state index is -3.38. The van der Waals surface area contributed by atoms with Gasteiger partial charge in [0.2, 0.25) is 21.9 Å². The zero-order valence-corrected chi connectivity index (χ0v) is 19.1. The molecule has 0 bridgehead atoms. The summed E-state index contributed by atoms with van der Waals surface area (Å²) in [5.74, 6) is 1.15. The molecule has 0 saturated carbocycles. The standard InChI is InChI=1S/C24H23N5O3S/c1-15-8-9-17-18(5-3-7-21(17)29-14-11-16(2)33(29,30)31)22(15)32-23-19(6-4-12-26-23)20-10-13-27-24(25)28-20/h3-10,12-13,16H,11,14H2,1-2H3,(H2,25,27,28). The number of benzene rings is 2. The summed E-state index contributed by atoms with van der Waals surface area (Å²) in [4.78, 5) is 12.7. The van der Waals surface area contributed by atoms with E-state index >= 15 is 0 Å². The Bertz CT molecular complexity index is 1470. The summed E-state index contributed by atoms with van der Waals surface area (Å²) in [6.07, 6.45) is 3.84. The first-order valence-corrected chi connectivity index (χ1v) is 12.1. The molecule has 0 aliphatic carbocycles. The molecule has 33 heavy (non-hydrogen) atoms. The number of hydrogen-bond donors (Lipinski definition) is 1. The SMILES string of the molecule is Cc1ccc2c(N3CCC(C)S3(=O)=O)cccc2c1Oc1ncccc1-c1ccnc(N)n1. The molecule has 1 atom stereocenters. The van der Waals surface area contributed by atoms with Crippen molar-refractivity contribution < 1.29 is 13.2 Å². The molecule has 1 aliphatic rings. The summed E-state index contributed by atoms with van der Waals surface area (Å²) in [7, 11) is -3.38. The predicted octanol–water partition coefficient (Wildman–Crippen LogP) is 4.30. The van der Waals surface area contributed by atoms with Crippen molar-refractivity contribution in [3.05, 3.63) is 66.5 Å². The number of rotatable bonds is 4. The van der Waals surface area contributed by atoms with Crippen LogP contribution in [0.2, 0.25) is 0 Å². The maximum Gasteiger partial charge on any atom is 0.237 e. The number of sulfonamides is 1. The molecule has 168 valence electrons. The lowest BCUT2D eigenvalue weighted by Gasteiger charge is -2.21. The van der Waals surface area contributed by atoms with Crippen molar-refractivity contribution in [2.75, 3.05) is 16.6 Å². The molecule has 1 saturated heterocycles. The van der Waals surface area contributed by atoms with Crippen molar-refractivity contribution in [2.24, 2.45) is 0 Å².